The lowest BCUT2D eigenvalue weighted by Crippen LogP contribution is -2.21. The minimum atomic E-state index is -3.49. The first-order chi connectivity index (χ1) is 7.73. The Balaban J connectivity index is 3.09. The van der Waals surface area contributed by atoms with Gasteiger partial charge in [-0.2, -0.15) is 0 Å². The van der Waals surface area contributed by atoms with E-state index in [0.29, 0.717) is 0 Å². The van der Waals surface area contributed by atoms with Gasteiger partial charge in [-0.3, -0.25) is 10.1 Å². The van der Waals surface area contributed by atoms with Crippen molar-refractivity contribution in [3.8, 4) is 0 Å². The smallest absolute Gasteiger partial charge is 0.269 e. The molecule has 0 unspecified atom stereocenters. The molecule has 0 saturated heterocycles. The Hall–Kier alpha value is -0.990. The van der Waals surface area contributed by atoms with Crippen LogP contribution in [0.5, 0.6) is 0 Å². The molecule has 94 valence electrons. The number of nitro benzene ring substituents is 1. The summed E-state index contributed by atoms with van der Waals surface area (Å²) in [5.74, 6) is 0. The number of sulfone groups is 1. The number of nitro groups is 1. The maximum Gasteiger partial charge on any atom is 0.269 e. The molecule has 6 nitrogen and oxygen atoms in total. The number of non-ortho nitro benzene ring substituents is 1. The van der Waals surface area contributed by atoms with Crippen LogP contribution in [0.2, 0.25) is 0 Å². The van der Waals surface area contributed by atoms with Crippen molar-refractivity contribution >= 4 is 31.5 Å². The van der Waals surface area contributed by atoms with Gasteiger partial charge in [0.15, 0.2) is 9.84 Å². The van der Waals surface area contributed by atoms with Crippen LogP contribution in [0.4, 0.5) is 5.69 Å². The van der Waals surface area contributed by atoms with E-state index in [1.807, 2.05) is 0 Å². The highest BCUT2D eigenvalue weighted by atomic mass is 79.9. The monoisotopic (exact) mass is 323 g/mol. The first-order valence-electron chi connectivity index (χ1n) is 4.49. The van der Waals surface area contributed by atoms with Crippen molar-refractivity contribution in [3.05, 3.63) is 39.9 Å². The van der Waals surface area contributed by atoms with Crippen molar-refractivity contribution in [2.45, 2.75) is 10.3 Å². The third kappa shape index (κ3) is 3.48. The van der Waals surface area contributed by atoms with Gasteiger partial charge in [0, 0.05) is 18.4 Å². The van der Waals surface area contributed by atoms with E-state index in [-0.39, 0.29) is 11.3 Å². The fraction of sp³-hybridized carbons (Fsp3) is 0.333. The van der Waals surface area contributed by atoms with Gasteiger partial charge < -0.3 is 5.11 Å². The highest BCUT2D eigenvalue weighted by Gasteiger charge is 2.28. The van der Waals surface area contributed by atoms with Crippen LogP contribution in [0.1, 0.15) is 11.7 Å². The topological polar surface area (TPSA) is 97.5 Å². The minimum absolute atomic E-state index is 0.173. The Bertz CT molecular complexity index is 530. The van der Waals surface area contributed by atoms with Crippen LogP contribution in [-0.2, 0) is 9.84 Å². The summed E-state index contributed by atoms with van der Waals surface area (Å²) >= 11 is 2.85. The minimum Gasteiger partial charge on any atom is -0.386 e. The number of nitrogens with zero attached hydrogens (tertiary/aromatic N) is 1. The molecule has 0 heterocycles. The Morgan fingerprint density at radius 2 is 2.06 bits per heavy atom. The molecule has 0 aliphatic carbocycles. The number of aliphatic hydroxyl groups is 1. The summed E-state index contributed by atoms with van der Waals surface area (Å²) in [4.78, 5) is 9.93. The number of halogens is 1. The second-order valence-electron chi connectivity index (χ2n) is 3.48. The largest absolute Gasteiger partial charge is 0.386 e. The molecule has 0 amide bonds. The maximum atomic E-state index is 11.2. The molecule has 0 spiro atoms. The third-order valence-electron chi connectivity index (χ3n) is 2.08. The molecule has 2 atom stereocenters. The van der Waals surface area contributed by atoms with Gasteiger partial charge in [-0.05, 0) is 5.56 Å². The molecule has 1 aromatic carbocycles. The molecule has 0 aliphatic rings. The Labute approximate surface area is 106 Å². The van der Waals surface area contributed by atoms with Crippen LogP contribution in [0.3, 0.4) is 0 Å². The number of aliphatic hydroxyl groups excluding tert-OH is 1. The van der Waals surface area contributed by atoms with Crippen LogP contribution in [0.15, 0.2) is 24.3 Å². The van der Waals surface area contributed by atoms with E-state index in [2.05, 4.69) is 15.9 Å². The van der Waals surface area contributed by atoms with Gasteiger partial charge >= 0.3 is 0 Å². The lowest BCUT2D eigenvalue weighted by atomic mass is 10.1. The molecule has 0 bridgehead atoms. The van der Waals surface area contributed by atoms with Gasteiger partial charge in [-0.15, -0.1) is 0 Å². The fourth-order valence-corrected chi connectivity index (χ4v) is 2.14. The van der Waals surface area contributed by atoms with Gasteiger partial charge in [-0.25, -0.2) is 8.42 Å². The molecule has 0 aliphatic heterocycles. The van der Waals surface area contributed by atoms with E-state index >= 15 is 0 Å². The molecule has 0 radical (unpaired) electrons. The molecule has 0 saturated carbocycles. The number of benzene rings is 1. The van der Waals surface area contributed by atoms with E-state index in [1.165, 1.54) is 18.2 Å². The van der Waals surface area contributed by atoms with Gasteiger partial charge in [0.2, 0.25) is 0 Å². The molecular formula is C9H10BrNO5S. The zero-order chi connectivity index (χ0) is 13.2. The summed E-state index contributed by atoms with van der Waals surface area (Å²) in [7, 11) is -3.49. The quantitative estimate of drug-likeness (QED) is 0.513. The highest BCUT2D eigenvalue weighted by Crippen LogP contribution is 2.28. The van der Waals surface area contributed by atoms with Crippen LogP contribution in [0, 0.1) is 10.1 Å². The van der Waals surface area contributed by atoms with Crippen molar-refractivity contribution in [3.63, 3.8) is 0 Å². The molecule has 0 fully saturated rings. The number of alkyl halides is 1. The normalized spacial score (nSPS) is 15.2. The van der Waals surface area contributed by atoms with Gasteiger partial charge in [0.05, 0.1) is 4.92 Å². The lowest BCUT2D eigenvalue weighted by Gasteiger charge is -2.15. The van der Waals surface area contributed by atoms with E-state index in [4.69, 9.17) is 0 Å². The van der Waals surface area contributed by atoms with Gasteiger partial charge in [0.25, 0.3) is 5.69 Å². The molecular weight excluding hydrogens is 314 g/mol. The predicted octanol–water partition coefficient (Wildman–Crippen LogP) is 1.39. The number of rotatable bonds is 4. The van der Waals surface area contributed by atoms with Crippen LogP contribution < -0.4 is 0 Å². The molecule has 17 heavy (non-hydrogen) atoms. The van der Waals surface area contributed by atoms with Crippen LogP contribution in [-0.4, -0.2) is 28.9 Å². The van der Waals surface area contributed by atoms with Gasteiger partial charge in [0.1, 0.15) is 10.3 Å². The van der Waals surface area contributed by atoms with Crippen molar-refractivity contribution in [1.82, 2.24) is 0 Å². The zero-order valence-corrected chi connectivity index (χ0v) is 11.2. The van der Waals surface area contributed by atoms with E-state index in [1.54, 1.807) is 0 Å². The second kappa shape index (κ2) is 5.11. The SMILES string of the molecule is CS(=O)(=O)[C@H](Br)[C@H](O)c1cccc([N+](=O)[O-])c1. The molecule has 0 aromatic heterocycles. The van der Waals surface area contributed by atoms with E-state index in [9.17, 15) is 23.6 Å². The molecule has 1 N–H and O–H groups in total. The average molecular weight is 324 g/mol. The lowest BCUT2D eigenvalue weighted by molar-refractivity contribution is -0.385. The van der Waals surface area contributed by atoms with Crippen LogP contribution >= 0.6 is 15.9 Å². The van der Waals surface area contributed by atoms with E-state index < -0.39 is 25.0 Å². The van der Waals surface area contributed by atoms with Crippen molar-refractivity contribution in [2.24, 2.45) is 0 Å². The second-order valence-corrected chi connectivity index (χ2v) is 7.24. The first-order valence-corrected chi connectivity index (χ1v) is 7.36. The highest BCUT2D eigenvalue weighted by molar-refractivity contribution is 9.11. The number of hydrogen-bond donors (Lipinski definition) is 1. The summed E-state index contributed by atoms with van der Waals surface area (Å²) in [6.07, 6.45) is -0.391. The average Bonchev–Trinajstić information content (AvgIpc) is 2.26. The standard InChI is InChI=1S/C9H10BrNO5S/c1-17(15,16)9(10)8(12)6-3-2-4-7(5-6)11(13)14/h2-5,8-9,12H,1H3/t8-,9+/m1/s1. The number of hydrogen-bond acceptors (Lipinski definition) is 5. The summed E-state index contributed by atoms with van der Waals surface area (Å²) in [5, 5.41) is 20.3. The summed E-state index contributed by atoms with van der Waals surface area (Å²) in [5.41, 5.74) is -0.0266. The predicted molar refractivity (Wildman–Crippen MR) is 65.6 cm³/mol. The third-order valence-corrected chi connectivity index (χ3v) is 5.69. The maximum absolute atomic E-state index is 11.2. The van der Waals surface area contributed by atoms with Crippen molar-refractivity contribution in [2.75, 3.05) is 6.26 Å². The summed E-state index contributed by atoms with van der Waals surface area (Å²) in [6.45, 7) is 0. The molecule has 8 heteroatoms. The molecule has 1 aromatic rings. The Kier molecular flexibility index (Phi) is 4.23. The first kappa shape index (κ1) is 14.1. The Morgan fingerprint density at radius 3 is 2.53 bits per heavy atom. The molecule has 1 rings (SSSR count). The van der Waals surface area contributed by atoms with Crippen molar-refractivity contribution in [1.29, 1.82) is 0 Å². The van der Waals surface area contributed by atoms with Crippen LogP contribution in [0.25, 0.3) is 0 Å². The summed E-state index contributed by atoms with van der Waals surface area (Å²) in [6, 6.07) is 5.22. The van der Waals surface area contributed by atoms with Crippen molar-refractivity contribution < 1.29 is 18.4 Å². The van der Waals surface area contributed by atoms with Gasteiger partial charge in [-0.1, -0.05) is 28.1 Å². The van der Waals surface area contributed by atoms with E-state index in [0.717, 1.165) is 12.3 Å². The summed E-state index contributed by atoms with van der Waals surface area (Å²) < 4.78 is 21.3. The fourth-order valence-electron chi connectivity index (χ4n) is 1.21. The zero-order valence-electron chi connectivity index (χ0n) is 8.78. The Morgan fingerprint density at radius 1 is 1.47 bits per heavy atom.